The van der Waals surface area contributed by atoms with Crippen molar-refractivity contribution in [2.45, 2.75) is 12.8 Å². The van der Waals surface area contributed by atoms with E-state index < -0.39 is 11.9 Å². The van der Waals surface area contributed by atoms with Crippen molar-refractivity contribution in [1.82, 2.24) is 0 Å². The Morgan fingerprint density at radius 2 is 0.903 bits per heavy atom. The zero-order valence-corrected chi connectivity index (χ0v) is 18.3. The molecule has 31 heavy (non-hydrogen) atoms. The molecule has 184 valence electrons. The van der Waals surface area contributed by atoms with Crippen molar-refractivity contribution in [2.24, 2.45) is 0 Å². The van der Waals surface area contributed by atoms with Gasteiger partial charge in [-0.2, -0.15) is 4.89 Å². The molecule has 0 saturated heterocycles. The first kappa shape index (κ1) is 29.6. The third kappa shape index (κ3) is 26.6. The Kier molecular flexibility index (Phi) is 23.8. The molecule has 0 aromatic carbocycles. The molecule has 0 aromatic heterocycles. The summed E-state index contributed by atoms with van der Waals surface area (Å²) in [5.41, 5.74) is 0. The Bertz CT molecular complexity index is 407. The minimum atomic E-state index is -1.07. The molecule has 0 saturated carbocycles. The van der Waals surface area contributed by atoms with Crippen LogP contribution in [0.1, 0.15) is 12.8 Å². The Morgan fingerprint density at radius 1 is 0.548 bits per heavy atom. The minimum absolute atomic E-state index is 0.0507. The number of hydrogen-bond donors (Lipinski definition) is 1. The summed E-state index contributed by atoms with van der Waals surface area (Å²) in [5, 5.41) is 8.41. The Hall–Kier alpha value is -1.38. The van der Waals surface area contributed by atoms with Crippen LogP contribution in [0.4, 0.5) is 0 Å². The minimum Gasteiger partial charge on any atom is -0.481 e. The maximum absolute atomic E-state index is 11.1. The van der Waals surface area contributed by atoms with Crippen molar-refractivity contribution in [3.63, 3.8) is 0 Å². The largest absolute Gasteiger partial charge is 0.481 e. The van der Waals surface area contributed by atoms with Crippen molar-refractivity contribution in [2.75, 3.05) is 99.6 Å². The molecular weight excluding hydrogens is 420 g/mol. The van der Waals surface area contributed by atoms with Gasteiger partial charge in [-0.25, -0.2) is 4.79 Å². The first-order chi connectivity index (χ1) is 15.2. The third-order valence-electron chi connectivity index (χ3n) is 3.30. The molecule has 0 amide bonds. The first-order valence-electron chi connectivity index (χ1n) is 10.2. The summed E-state index contributed by atoms with van der Waals surface area (Å²) in [6, 6.07) is 0. The summed E-state index contributed by atoms with van der Waals surface area (Å²) in [7, 11) is 1.63. The van der Waals surface area contributed by atoms with E-state index in [9.17, 15) is 9.59 Å². The van der Waals surface area contributed by atoms with Crippen molar-refractivity contribution in [1.29, 1.82) is 0 Å². The van der Waals surface area contributed by atoms with Crippen LogP contribution in [-0.2, 0) is 52.5 Å². The number of hydrogen-bond acceptors (Lipinski definition) is 11. The van der Waals surface area contributed by atoms with E-state index in [0.29, 0.717) is 79.3 Å². The zero-order chi connectivity index (χ0) is 22.8. The van der Waals surface area contributed by atoms with Crippen molar-refractivity contribution in [3.8, 4) is 0 Å². The first-order valence-corrected chi connectivity index (χ1v) is 10.2. The topological polar surface area (TPSA) is 137 Å². The average molecular weight is 456 g/mol. The summed E-state index contributed by atoms with van der Waals surface area (Å²) in [5.74, 6) is -1.81. The number of ether oxygens (including phenoxy) is 7. The maximum atomic E-state index is 11.1. The second-order valence-corrected chi connectivity index (χ2v) is 5.84. The summed E-state index contributed by atoms with van der Waals surface area (Å²) >= 11 is 0. The second-order valence-electron chi connectivity index (χ2n) is 5.84. The second kappa shape index (κ2) is 24.9. The SMILES string of the molecule is COCCOCCOCCOCCOCCOCCOCCOOC(=O)CCC(=O)O. The lowest BCUT2D eigenvalue weighted by Crippen LogP contribution is -2.15. The summed E-state index contributed by atoms with van der Waals surface area (Å²) in [6.45, 7) is 6.09. The quantitative estimate of drug-likeness (QED) is 0.113. The van der Waals surface area contributed by atoms with Crippen LogP contribution < -0.4 is 0 Å². The fraction of sp³-hybridized carbons (Fsp3) is 0.895. The Labute approximate surface area is 182 Å². The molecule has 0 unspecified atom stereocenters. The highest BCUT2D eigenvalue weighted by molar-refractivity contribution is 5.76. The molecule has 1 N–H and O–H groups in total. The average Bonchev–Trinajstić information content (AvgIpc) is 2.75. The van der Waals surface area contributed by atoms with Gasteiger partial charge in [0.25, 0.3) is 0 Å². The van der Waals surface area contributed by atoms with Gasteiger partial charge in [0.2, 0.25) is 0 Å². The number of carboxylic acids is 1. The van der Waals surface area contributed by atoms with E-state index in [1.165, 1.54) is 0 Å². The molecule has 0 bridgehead atoms. The third-order valence-corrected chi connectivity index (χ3v) is 3.30. The van der Waals surface area contributed by atoms with Crippen LogP contribution in [0, 0.1) is 0 Å². The number of carbonyl (C=O) groups excluding carboxylic acids is 1. The van der Waals surface area contributed by atoms with E-state index in [1.54, 1.807) is 7.11 Å². The van der Waals surface area contributed by atoms with Gasteiger partial charge in [-0.1, -0.05) is 0 Å². The molecule has 12 nitrogen and oxygen atoms in total. The molecule has 0 aromatic rings. The molecular formula is C19H36O12. The fourth-order valence-corrected chi connectivity index (χ4v) is 1.79. The monoisotopic (exact) mass is 456 g/mol. The highest BCUT2D eigenvalue weighted by Gasteiger charge is 2.07. The molecule has 0 radical (unpaired) electrons. The van der Waals surface area contributed by atoms with E-state index in [-0.39, 0.29) is 26.1 Å². The van der Waals surface area contributed by atoms with Crippen LogP contribution in [0.2, 0.25) is 0 Å². The summed E-state index contributed by atoms with van der Waals surface area (Å²) in [6.07, 6.45) is -0.535. The summed E-state index contributed by atoms with van der Waals surface area (Å²) < 4.78 is 36.7. The van der Waals surface area contributed by atoms with Gasteiger partial charge in [-0.05, 0) is 0 Å². The summed E-state index contributed by atoms with van der Waals surface area (Å²) in [4.78, 5) is 30.3. The van der Waals surface area contributed by atoms with Crippen LogP contribution in [0.5, 0.6) is 0 Å². The van der Waals surface area contributed by atoms with Gasteiger partial charge in [0.1, 0.15) is 6.61 Å². The lowest BCUT2D eigenvalue weighted by atomic mass is 10.3. The van der Waals surface area contributed by atoms with Crippen molar-refractivity contribution in [3.05, 3.63) is 0 Å². The molecule has 0 aliphatic heterocycles. The lowest BCUT2D eigenvalue weighted by molar-refractivity contribution is -0.276. The smallest absolute Gasteiger partial charge is 0.342 e. The van der Waals surface area contributed by atoms with E-state index in [2.05, 4.69) is 9.78 Å². The number of carboxylic acid groups (broad SMARTS) is 1. The molecule has 0 fully saturated rings. The lowest BCUT2D eigenvalue weighted by Gasteiger charge is -2.08. The van der Waals surface area contributed by atoms with E-state index in [1.807, 2.05) is 0 Å². The van der Waals surface area contributed by atoms with E-state index >= 15 is 0 Å². The molecule has 0 rings (SSSR count). The van der Waals surface area contributed by atoms with Gasteiger partial charge in [0.05, 0.1) is 98.7 Å². The fourth-order valence-electron chi connectivity index (χ4n) is 1.79. The Morgan fingerprint density at radius 3 is 1.26 bits per heavy atom. The molecule has 0 heterocycles. The number of aliphatic carboxylic acids is 1. The normalized spacial score (nSPS) is 11.0. The number of carbonyl (C=O) groups is 2. The van der Waals surface area contributed by atoms with E-state index in [0.717, 1.165) is 0 Å². The highest BCUT2D eigenvalue weighted by atomic mass is 17.2. The van der Waals surface area contributed by atoms with E-state index in [4.69, 9.17) is 38.3 Å². The van der Waals surface area contributed by atoms with Crippen LogP contribution in [0.3, 0.4) is 0 Å². The Balaban J connectivity index is 3.08. The molecule has 0 atom stereocenters. The standard InChI is InChI=1S/C19H36O12/c1-23-4-5-24-6-7-25-8-9-26-10-11-27-12-13-28-14-15-29-16-17-30-31-19(22)3-2-18(20)21/h2-17H2,1H3,(H,20,21). The molecule has 12 heteroatoms. The number of rotatable bonds is 25. The van der Waals surface area contributed by atoms with Gasteiger partial charge in [0, 0.05) is 7.11 Å². The van der Waals surface area contributed by atoms with Crippen LogP contribution in [0.25, 0.3) is 0 Å². The maximum Gasteiger partial charge on any atom is 0.342 e. The van der Waals surface area contributed by atoms with Crippen molar-refractivity contribution >= 4 is 11.9 Å². The highest BCUT2D eigenvalue weighted by Crippen LogP contribution is 1.93. The molecule has 0 aliphatic carbocycles. The molecule has 0 spiro atoms. The van der Waals surface area contributed by atoms with Crippen molar-refractivity contribution < 1.29 is 57.6 Å². The molecule has 0 aliphatic rings. The van der Waals surface area contributed by atoms with Crippen LogP contribution in [0.15, 0.2) is 0 Å². The van der Waals surface area contributed by atoms with Gasteiger partial charge in [-0.15, -0.1) is 0 Å². The van der Waals surface area contributed by atoms with Gasteiger partial charge in [-0.3, -0.25) is 9.68 Å². The zero-order valence-electron chi connectivity index (χ0n) is 18.3. The van der Waals surface area contributed by atoms with Gasteiger partial charge in [0.15, 0.2) is 0 Å². The van der Waals surface area contributed by atoms with Crippen LogP contribution in [-0.4, -0.2) is 117 Å². The van der Waals surface area contributed by atoms with Crippen LogP contribution >= 0.6 is 0 Å². The van der Waals surface area contributed by atoms with Gasteiger partial charge >= 0.3 is 11.9 Å². The predicted octanol–water partition coefficient (Wildman–Crippen LogP) is 0.0720. The predicted molar refractivity (Wildman–Crippen MR) is 106 cm³/mol. The number of methoxy groups -OCH3 is 1. The van der Waals surface area contributed by atoms with Gasteiger partial charge < -0.3 is 38.3 Å².